The molecule has 0 radical (unpaired) electrons. The van der Waals surface area contributed by atoms with E-state index in [1.807, 2.05) is 37.3 Å². The number of furan rings is 1. The van der Waals surface area contributed by atoms with Crippen LogP contribution in [0.4, 0.5) is 0 Å². The van der Waals surface area contributed by atoms with Gasteiger partial charge in [-0.1, -0.05) is 43.0 Å². The maximum Gasteiger partial charge on any atom is 0.134 e. The topological polar surface area (TPSA) is 13.1 Å². The summed E-state index contributed by atoms with van der Waals surface area (Å²) in [5, 5.41) is 1.16. The van der Waals surface area contributed by atoms with Gasteiger partial charge in [0.1, 0.15) is 11.3 Å². The van der Waals surface area contributed by atoms with Crippen molar-refractivity contribution in [1.29, 1.82) is 0 Å². The Bertz CT molecular complexity index is 489. The fraction of sp³-hybridized carbons (Fsp3) is 0.0769. The minimum Gasteiger partial charge on any atom is -0.461 e. The molecule has 0 amide bonds. The molecule has 0 aliphatic heterocycles. The van der Waals surface area contributed by atoms with Gasteiger partial charge in [-0.15, -0.1) is 0 Å². The average Bonchev–Trinajstić information content (AvgIpc) is 2.51. The van der Waals surface area contributed by atoms with Crippen LogP contribution in [-0.2, 0) is 0 Å². The number of rotatable bonds is 2. The lowest BCUT2D eigenvalue weighted by molar-refractivity contribution is 0.577. The lowest BCUT2D eigenvalue weighted by Crippen LogP contribution is -1.71. The summed E-state index contributed by atoms with van der Waals surface area (Å²) >= 11 is 0. The number of allylic oxidation sites excluding steroid dienone is 2. The first-order valence-corrected chi connectivity index (χ1v) is 4.60. The maximum atomic E-state index is 5.61. The number of para-hydroxylation sites is 1. The summed E-state index contributed by atoms with van der Waals surface area (Å²) in [6.07, 6.45) is 5.71. The Morgan fingerprint density at radius 3 is 2.86 bits per heavy atom. The minimum absolute atomic E-state index is 0.939. The first-order valence-electron chi connectivity index (χ1n) is 4.60. The lowest BCUT2D eigenvalue weighted by Gasteiger charge is -1.88. The smallest absolute Gasteiger partial charge is 0.134 e. The molecule has 2 aromatic rings. The van der Waals surface area contributed by atoms with Crippen LogP contribution in [0.1, 0.15) is 11.3 Å². The number of fused-ring (bicyclic) bond motifs is 1. The van der Waals surface area contributed by atoms with Crippen molar-refractivity contribution in [2.24, 2.45) is 0 Å². The molecule has 14 heavy (non-hydrogen) atoms. The van der Waals surface area contributed by atoms with Gasteiger partial charge in [0.2, 0.25) is 0 Å². The van der Waals surface area contributed by atoms with Crippen molar-refractivity contribution in [3.05, 3.63) is 54.3 Å². The largest absolute Gasteiger partial charge is 0.461 e. The Morgan fingerprint density at radius 2 is 2.07 bits per heavy atom. The van der Waals surface area contributed by atoms with E-state index in [-0.39, 0.29) is 0 Å². The molecular weight excluding hydrogens is 172 g/mol. The quantitative estimate of drug-likeness (QED) is 0.644. The fourth-order valence-corrected chi connectivity index (χ4v) is 1.56. The van der Waals surface area contributed by atoms with Gasteiger partial charge in [0.15, 0.2) is 0 Å². The first-order chi connectivity index (χ1) is 6.83. The van der Waals surface area contributed by atoms with Gasteiger partial charge in [0.05, 0.1) is 0 Å². The zero-order valence-electron chi connectivity index (χ0n) is 8.16. The third kappa shape index (κ3) is 1.37. The summed E-state index contributed by atoms with van der Waals surface area (Å²) in [6, 6.07) is 8.04. The molecular formula is C13H12O. The van der Waals surface area contributed by atoms with Gasteiger partial charge in [-0.3, -0.25) is 0 Å². The number of benzene rings is 1. The third-order valence-electron chi connectivity index (χ3n) is 2.22. The van der Waals surface area contributed by atoms with E-state index in [0.717, 1.165) is 22.3 Å². The zero-order valence-corrected chi connectivity index (χ0v) is 8.16. The molecule has 0 aliphatic rings. The van der Waals surface area contributed by atoms with Crippen molar-refractivity contribution in [3.63, 3.8) is 0 Å². The Kier molecular flexibility index (Phi) is 2.23. The Balaban J connectivity index is 2.67. The van der Waals surface area contributed by atoms with E-state index in [4.69, 9.17) is 4.42 Å². The number of aryl methyl sites for hydroxylation is 1. The van der Waals surface area contributed by atoms with Crippen LogP contribution in [0, 0.1) is 6.92 Å². The molecule has 0 aliphatic carbocycles. The molecule has 0 fully saturated rings. The molecule has 0 saturated heterocycles. The van der Waals surface area contributed by atoms with Gasteiger partial charge in [0.25, 0.3) is 0 Å². The van der Waals surface area contributed by atoms with E-state index >= 15 is 0 Å². The summed E-state index contributed by atoms with van der Waals surface area (Å²) in [5.41, 5.74) is 2.08. The van der Waals surface area contributed by atoms with E-state index in [1.165, 1.54) is 0 Å². The second kappa shape index (κ2) is 3.54. The molecule has 0 spiro atoms. The Morgan fingerprint density at radius 1 is 1.29 bits per heavy atom. The second-order valence-electron chi connectivity index (χ2n) is 3.16. The molecule has 0 bridgehead atoms. The van der Waals surface area contributed by atoms with Crippen molar-refractivity contribution in [1.82, 2.24) is 0 Å². The summed E-state index contributed by atoms with van der Waals surface area (Å²) in [5.74, 6) is 0.948. The van der Waals surface area contributed by atoms with Crippen LogP contribution < -0.4 is 0 Å². The van der Waals surface area contributed by atoms with Gasteiger partial charge in [0, 0.05) is 10.9 Å². The third-order valence-corrected chi connectivity index (χ3v) is 2.22. The van der Waals surface area contributed by atoms with Gasteiger partial charge < -0.3 is 4.42 Å². The summed E-state index contributed by atoms with van der Waals surface area (Å²) < 4.78 is 5.61. The molecule has 1 nitrogen and oxygen atoms in total. The monoisotopic (exact) mass is 184 g/mol. The lowest BCUT2D eigenvalue weighted by atomic mass is 10.1. The van der Waals surface area contributed by atoms with E-state index in [2.05, 4.69) is 12.6 Å². The zero-order chi connectivity index (χ0) is 9.97. The van der Waals surface area contributed by atoms with Crippen molar-refractivity contribution >= 4 is 17.0 Å². The Hall–Kier alpha value is -1.76. The molecule has 1 aromatic heterocycles. The van der Waals surface area contributed by atoms with Gasteiger partial charge in [-0.2, -0.15) is 0 Å². The summed E-state index contributed by atoms with van der Waals surface area (Å²) in [7, 11) is 0. The number of hydrogen-bond acceptors (Lipinski definition) is 1. The summed E-state index contributed by atoms with van der Waals surface area (Å²) in [4.78, 5) is 0. The fourth-order valence-electron chi connectivity index (χ4n) is 1.56. The van der Waals surface area contributed by atoms with Crippen LogP contribution in [0.25, 0.3) is 17.0 Å². The second-order valence-corrected chi connectivity index (χ2v) is 3.16. The van der Waals surface area contributed by atoms with E-state index in [9.17, 15) is 0 Å². The van der Waals surface area contributed by atoms with Gasteiger partial charge in [-0.05, 0) is 13.0 Å². The van der Waals surface area contributed by atoms with Crippen LogP contribution in [0.5, 0.6) is 0 Å². The molecule has 70 valence electrons. The SMILES string of the molecule is C=C/C=C\c1c(C)oc2ccccc12. The van der Waals surface area contributed by atoms with Crippen LogP contribution in [-0.4, -0.2) is 0 Å². The molecule has 0 atom stereocenters. The highest BCUT2D eigenvalue weighted by Gasteiger charge is 2.06. The molecule has 2 rings (SSSR count). The first kappa shape index (κ1) is 8.82. The number of hydrogen-bond donors (Lipinski definition) is 0. The van der Waals surface area contributed by atoms with Crippen molar-refractivity contribution in [2.45, 2.75) is 6.92 Å². The van der Waals surface area contributed by atoms with Crippen LogP contribution in [0.15, 0.2) is 47.4 Å². The highest BCUT2D eigenvalue weighted by molar-refractivity contribution is 5.88. The normalized spacial score (nSPS) is 11.2. The average molecular weight is 184 g/mol. The Labute approximate surface area is 83.4 Å². The van der Waals surface area contributed by atoms with Crippen LogP contribution in [0.2, 0.25) is 0 Å². The van der Waals surface area contributed by atoms with Crippen molar-refractivity contribution < 1.29 is 4.42 Å². The molecule has 1 aromatic carbocycles. The van der Waals surface area contributed by atoms with E-state index in [0.29, 0.717) is 0 Å². The predicted molar refractivity (Wildman–Crippen MR) is 60.2 cm³/mol. The standard InChI is InChI=1S/C13H12O/c1-3-4-7-11-10(2)14-13-9-6-5-8-12(11)13/h3-9H,1H2,2H3/b7-4-. The van der Waals surface area contributed by atoms with Crippen molar-refractivity contribution in [2.75, 3.05) is 0 Å². The molecule has 0 N–H and O–H groups in total. The highest BCUT2D eigenvalue weighted by Crippen LogP contribution is 2.26. The predicted octanol–water partition coefficient (Wildman–Crippen LogP) is 3.94. The summed E-state index contributed by atoms with van der Waals surface area (Å²) in [6.45, 7) is 5.63. The van der Waals surface area contributed by atoms with Gasteiger partial charge >= 0.3 is 0 Å². The van der Waals surface area contributed by atoms with Crippen LogP contribution in [0.3, 0.4) is 0 Å². The maximum absolute atomic E-state index is 5.61. The van der Waals surface area contributed by atoms with E-state index < -0.39 is 0 Å². The highest BCUT2D eigenvalue weighted by atomic mass is 16.3. The molecule has 0 saturated carbocycles. The molecule has 1 heterocycles. The molecule has 0 unspecified atom stereocenters. The van der Waals surface area contributed by atoms with Crippen molar-refractivity contribution in [3.8, 4) is 0 Å². The van der Waals surface area contributed by atoms with E-state index in [1.54, 1.807) is 6.08 Å². The van der Waals surface area contributed by atoms with Gasteiger partial charge in [-0.25, -0.2) is 0 Å². The minimum atomic E-state index is 0.939. The molecule has 1 heteroatoms. The van der Waals surface area contributed by atoms with Crippen LogP contribution >= 0.6 is 0 Å².